The maximum absolute atomic E-state index is 13.8. The number of benzene rings is 1. The number of nitrogens with one attached hydrogen (secondary N) is 1. The SMILES string of the molecule is CC(=O)N1CCN(c2cccc(C(=O)N3CCc4cc(C(=O)NC5CC5)sc4-c4ccccc43)n2)CC1. The molecule has 0 radical (unpaired) electrons. The van der Waals surface area contributed by atoms with Crippen LogP contribution in [-0.2, 0) is 11.2 Å². The molecule has 1 aromatic carbocycles. The second kappa shape index (κ2) is 9.63. The fourth-order valence-electron chi connectivity index (χ4n) is 5.01. The van der Waals surface area contributed by atoms with E-state index in [2.05, 4.69) is 10.2 Å². The van der Waals surface area contributed by atoms with Gasteiger partial charge in [0.1, 0.15) is 11.5 Å². The van der Waals surface area contributed by atoms with Gasteiger partial charge in [0.2, 0.25) is 5.91 Å². The molecule has 1 N–H and O–H groups in total. The van der Waals surface area contributed by atoms with E-state index in [0.29, 0.717) is 50.9 Å². The first kappa shape index (κ1) is 23.7. The minimum absolute atomic E-state index is 0.00358. The van der Waals surface area contributed by atoms with Crippen molar-refractivity contribution in [3.8, 4) is 10.4 Å². The van der Waals surface area contributed by atoms with Crippen molar-refractivity contribution in [3.05, 3.63) is 64.7 Å². The summed E-state index contributed by atoms with van der Waals surface area (Å²) in [5, 5.41) is 3.08. The van der Waals surface area contributed by atoms with Crippen molar-refractivity contribution in [2.24, 2.45) is 0 Å². The van der Waals surface area contributed by atoms with Gasteiger partial charge in [0.05, 0.1) is 10.6 Å². The third-order valence-corrected chi connectivity index (χ3v) is 8.45. The van der Waals surface area contributed by atoms with Crippen molar-refractivity contribution in [2.45, 2.75) is 32.2 Å². The van der Waals surface area contributed by atoms with Crippen LogP contribution in [0.1, 0.15) is 45.5 Å². The highest BCUT2D eigenvalue weighted by Crippen LogP contribution is 2.42. The predicted molar refractivity (Wildman–Crippen MR) is 144 cm³/mol. The third-order valence-electron chi connectivity index (χ3n) is 7.24. The highest BCUT2D eigenvalue weighted by Gasteiger charge is 2.30. The third kappa shape index (κ3) is 4.71. The van der Waals surface area contributed by atoms with Gasteiger partial charge in [-0.2, -0.15) is 0 Å². The van der Waals surface area contributed by atoms with Gasteiger partial charge in [-0.15, -0.1) is 11.3 Å². The lowest BCUT2D eigenvalue weighted by Gasteiger charge is -2.35. The van der Waals surface area contributed by atoms with E-state index < -0.39 is 0 Å². The van der Waals surface area contributed by atoms with E-state index in [9.17, 15) is 14.4 Å². The van der Waals surface area contributed by atoms with Crippen molar-refractivity contribution in [1.29, 1.82) is 0 Å². The number of para-hydroxylation sites is 1. The van der Waals surface area contributed by atoms with Gasteiger partial charge < -0.3 is 20.0 Å². The van der Waals surface area contributed by atoms with Gasteiger partial charge in [-0.25, -0.2) is 4.98 Å². The number of carbonyl (C=O) groups is 3. The van der Waals surface area contributed by atoms with Crippen LogP contribution in [0.5, 0.6) is 0 Å². The molecule has 1 aliphatic carbocycles. The van der Waals surface area contributed by atoms with Gasteiger partial charge in [-0.05, 0) is 49.1 Å². The summed E-state index contributed by atoms with van der Waals surface area (Å²) in [7, 11) is 0. The first-order valence-electron chi connectivity index (χ1n) is 12.8. The molecule has 0 bridgehead atoms. The second-order valence-corrected chi connectivity index (χ2v) is 10.9. The summed E-state index contributed by atoms with van der Waals surface area (Å²) in [5.41, 5.74) is 3.30. The number of amides is 3. The molecule has 2 aliphatic heterocycles. The minimum atomic E-state index is -0.140. The van der Waals surface area contributed by atoms with E-state index in [0.717, 1.165) is 45.2 Å². The Hall–Kier alpha value is -3.72. The molecule has 8 nitrogen and oxygen atoms in total. The van der Waals surface area contributed by atoms with Gasteiger partial charge in [0, 0.05) is 56.1 Å². The number of fused-ring (bicyclic) bond motifs is 3. The van der Waals surface area contributed by atoms with Crippen LogP contribution in [-0.4, -0.2) is 66.4 Å². The maximum Gasteiger partial charge on any atom is 0.276 e. The first-order valence-corrected chi connectivity index (χ1v) is 13.6. The molecule has 37 heavy (non-hydrogen) atoms. The molecule has 3 aliphatic rings. The molecule has 9 heteroatoms. The summed E-state index contributed by atoms with van der Waals surface area (Å²) in [5.74, 6) is 0.692. The lowest BCUT2D eigenvalue weighted by molar-refractivity contribution is -0.129. The Morgan fingerprint density at radius 2 is 1.76 bits per heavy atom. The molecule has 0 atom stereocenters. The summed E-state index contributed by atoms with van der Waals surface area (Å²) < 4.78 is 0. The monoisotopic (exact) mass is 515 g/mol. The van der Waals surface area contributed by atoms with E-state index in [1.807, 2.05) is 52.3 Å². The minimum Gasteiger partial charge on any atom is -0.353 e. The first-order chi connectivity index (χ1) is 18.0. The van der Waals surface area contributed by atoms with E-state index in [1.54, 1.807) is 13.0 Å². The van der Waals surface area contributed by atoms with E-state index in [-0.39, 0.29) is 17.7 Å². The quantitative estimate of drug-likeness (QED) is 0.574. The Labute approximate surface area is 219 Å². The predicted octanol–water partition coefficient (Wildman–Crippen LogP) is 3.57. The van der Waals surface area contributed by atoms with Gasteiger partial charge in [-0.3, -0.25) is 14.4 Å². The lowest BCUT2D eigenvalue weighted by Crippen LogP contribution is -2.48. The summed E-state index contributed by atoms with van der Waals surface area (Å²) in [6.45, 7) is 4.78. The number of carbonyl (C=O) groups excluding carboxylic acids is 3. The molecule has 3 aromatic rings. The van der Waals surface area contributed by atoms with Crippen LogP contribution in [0.25, 0.3) is 10.4 Å². The van der Waals surface area contributed by atoms with E-state index >= 15 is 0 Å². The molecule has 4 heterocycles. The standard InChI is InChI=1S/C28H29N5O3S/c1-18(34)31-13-15-32(16-14-31)25-8-4-6-22(30-25)28(36)33-12-11-19-17-24(27(35)29-20-9-10-20)37-26(19)21-5-2-3-7-23(21)33/h2-8,17,20H,9-16H2,1H3,(H,29,35). The molecule has 0 unspecified atom stereocenters. The molecule has 1 saturated heterocycles. The number of pyridine rings is 1. The zero-order valence-corrected chi connectivity index (χ0v) is 21.6. The zero-order valence-electron chi connectivity index (χ0n) is 20.8. The van der Waals surface area contributed by atoms with Crippen molar-refractivity contribution >= 4 is 40.6 Å². The van der Waals surface area contributed by atoms with Gasteiger partial charge >= 0.3 is 0 Å². The summed E-state index contributed by atoms with van der Waals surface area (Å²) in [6.07, 6.45) is 2.77. The van der Waals surface area contributed by atoms with Crippen molar-refractivity contribution < 1.29 is 14.4 Å². The highest BCUT2D eigenvalue weighted by atomic mass is 32.1. The Bertz CT molecular complexity index is 1370. The van der Waals surface area contributed by atoms with Gasteiger partial charge in [0.15, 0.2) is 0 Å². The summed E-state index contributed by atoms with van der Waals surface area (Å²) in [4.78, 5) is 50.4. The molecule has 2 aromatic heterocycles. The van der Waals surface area contributed by atoms with Crippen molar-refractivity contribution in [2.75, 3.05) is 42.5 Å². The number of hydrogen-bond acceptors (Lipinski definition) is 6. The van der Waals surface area contributed by atoms with E-state index in [1.165, 1.54) is 11.3 Å². The number of hydrogen-bond donors (Lipinski definition) is 1. The van der Waals surface area contributed by atoms with Crippen LogP contribution in [0.2, 0.25) is 0 Å². The van der Waals surface area contributed by atoms with Gasteiger partial charge in [-0.1, -0.05) is 24.3 Å². The molecule has 1 saturated carbocycles. The smallest absolute Gasteiger partial charge is 0.276 e. The number of rotatable bonds is 4. The van der Waals surface area contributed by atoms with Crippen LogP contribution in [0, 0.1) is 0 Å². The molecule has 3 amide bonds. The lowest BCUT2D eigenvalue weighted by atomic mass is 10.1. The summed E-state index contributed by atoms with van der Waals surface area (Å²) in [6, 6.07) is 15.8. The molecule has 2 fully saturated rings. The van der Waals surface area contributed by atoms with E-state index in [4.69, 9.17) is 4.98 Å². The summed E-state index contributed by atoms with van der Waals surface area (Å²) >= 11 is 1.50. The molecule has 6 rings (SSSR count). The fraction of sp³-hybridized carbons (Fsp3) is 0.357. The highest BCUT2D eigenvalue weighted by molar-refractivity contribution is 7.17. The van der Waals surface area contributed by atoms with Gasteiger partial charge in [0.25, 0.3) is 11.8 Å². The van der Waals surface area contributed by atoms with Crippen LogP contribution in [0.15, 0.2) is 48.5 Å². The topological polar surface area (TPSA) is 85.9 Å². The fourth-order valence-corrected chi connectivity index (χ4v) is 6.16. The number of piperazine rings is 1. The number of anilines is 2. The largest absolute Gasteiger partial charge is 0.353 e. The van der Waals surface area contributed by atoms with Crippen LogP contribution >= 0.6 is 11.3 Å². The average molecular weight is 516 g/mol. The van der Waals surface area contributed by atoms with Crippen LogP contribution in [0.3, 0.4) is 0 Å². The molecular weight excluding hydrogens is 486 g/mol. The Kier molecular flexibility index (Phi) is 6.16. The van der Waals surface area contributed by atoms with Crippen LogP contribution < -0.4 is 15.1 Å². The number of nitrogens with zero attached hydrogens (tertiary/aromatic N) is 4. The Balaban J connectivity index is 1.26. The average Bonchev–Trinajstić information content (AvgIpc) is 3.67. The normalized spacial score (nSPS) is 17.1. The molecule has 0 spiro atoms. The van der Waals surface area contributed by atoms with Crippen molar-refractivity contribution in [3.63, 3.8) is 0 Å². The molecular formula is C28H29N5O3S. The molecule has 190 valence electrons. The van der Waals surface area contributed by atoms with Crippen LogP contribution in [0.4, 0.5) is 11.5 Å². The second-order valence-electron chi connectivity index (χ2n) is 9.81. The Morgan fingerprint density at radius 1 is 0.973 bits per heavy atom. The number of aromatic nitrogens is 1. The number of thiophene rings is 1. The zero-order chi connectivity index (χ0) is 25.5. The maximum atomic E-state index is 13.8. The Morgan fingerprint density at radius 3 is 2.51 bits per heavy atom. The van der Waals surface area contributed by atoms with Crippen molar-refractivity contribution in [1.82, 2.24) is 15.2 Å².